The van der Waals surface area contributed by atoms with E-state index in [0.717, 1.165) is 11.5 Å². The Bertz CT molecular complexity index is 626. The van der Waals surface area contributed by atoms with Crippen LogP contribution in [0.4, 0.5) is 0 Å². The minimum atomic E-state index is -1.10. The molecule has 0 bridgehead atoms. The molecular formula is C14H10O3. The van der Waals surface area contributed by atoms with Crippen LogP contribution in [0.2, 0.25) is 0 Å². The van der Waals surface area contributed by atoms with Crippen LogP contribution in [0.1, 0.15) is 20.7 Å². The van der Waals surface area contributed by atoms with Crippen LogP contribution in [0.15, 0.2) is 49.1 Å². The van der Waals surface area contributed by atoms with E-state index in [9.17, 15) is 14.7 Å². The van der Waals surface area contributed by atoms with Gasteiger partial charge in [0.2, 0.25) is 0 Å². The summed E-state index contributed by atoms with van der Waals surface area (Å²) in [7, 11) is 0. The normalized spacial score (nSPS) is 10.1. The van der Waals surface area contributed by atoms with E-state index >= 15 is 0 Å². The second-order valence-corrected chi connectivity index (χ2v) is 3.58. The van der Waals surface area contributed by atoms with Gasteiger partial charge in [0.1, 0.15) is 0 Å². The van der Waals surface area contributed by atoms with Gasteiger partial charge in [0, 0.05) is 5.56 Å². The molecule has 0 atom stereocenters. The van der Waals surface area contributed by atoms with E-state index in [1.807, 2.05) is 12.1 Å². The van der Waals surface area contributed by atoms with Gasteiger partial charge in [-0.3, -0.25) is 4.79 Å². The predicted molar refractivity (Wildman–Crippen MR) is 65.4 cm³/mol. The van der Waals surface area contributed by atoms with Crippen LogP contribution in [-0.2, 0) is 0 Å². The third-order valence-electron chi connectivity index (χ3n) is 2.59. The maximum atomic E-state index is 11.6. The first-order valence-corrected chi connectivity index (χ1v) is 5.07. The van der Waals surface area contributed by atoms with Gasteiger partial charge < -0.3 is 5.11 Å². The molecule has 0 spiro atoms. The molecule has 3 heteroatoms. The van der Waals surface area contributed by atoms with Crippen LogP contribution in [-0.4, -0.2) is 16.9 Å². The average Bonchev–Trinajstić information content (AvgIpc) is 2.36. The van der Waals surface area contributed by atoms with Crippen LogP contribution in [0.3, 0.4) is 0 Å². The van der Waals surface area contributed by atoms with Crippen molar-refractivity contribution in [3.63, 3.8) is 0 Å². The molecule has 0 unspecified atom stereocenters. The molecule has 0 radical (unpaired) electrons. The van der Waals surface area contributed by atoms with Gasteiger partial charge in [-0.1, -0.05) is 36.9 Å². The molecule has 0 saturated heterocycles. The highest BCUT2D eigenvalue weighted by atomic mass is 16.4. The summed E-state index contributed by atoms with van der Waals surface area (Å²) in [6, 6.07) is 10.3. The summed E-state index contributed by atoms with van der Waals surface area (Å²) in [4.78, 5) is 22.9. The number of hydrogen-bond donors (Lipinski definition) is 1. The third kappa shape index (κ3) is 1.83. The Morgan fingerprint density at radius 2 is 1.82 bits per heavy atom. The molecule has 17 heavy (non-hydrogen) atoms. The van der Waals surface area contributed by atoms with Crippen LogP contribution < -0.4 is 0 Å². The minimum absolute atomic E-state index is 0.0352. The zero-order chi connectivity index (χ0) is 12.4. The molecule has 84 valence electrons. The number of carbonyl (C=O) groups excluding carboxylic acids is 1. The molecule has 1 N–H and O–H groups in total. The number of fused-ring (bicyclic) bond motifs is 1. The molecular weight excluding hydrogens is 216 g/mol. The molecule has 0 aliphatic heterocycles. The van der Waals surface area contributed by atoms with E-state index in [0.29, 0.717) is 5.39 Å². The first-order chi connectivity index (χ1) is 8.15. The highest BCUT2D eigenvalue weighted by Crippen LogP contribution is 2.23. The summed E-state index contributed by atoms with van der Waals surface area (Å²) in [5, 5.41) is 10.6. The Balaban J connectivity index is 2.86. The van der Waals surface area contributed by atoms with Gasteiger partial charge in [0.15, 0.2) is 5.78 Å². The lowest BCUT2D eigenvalue weighted by molar-refractivity contribution is 0.0695. The SMILES string of the molecule is C=CC(=O)c1ccc2ccccc2c1C(=O)O. The number of carboxylic acid groups (broad SMARTS) is 1. The van der Waals surface area contributed by atoms with Crippen molar-refractivity contribution in [1.82, 2.24) is 0 Å². The van der Waals surface area contributed by atoms with Crippen LogP contribution in [0.5, 0.6) is 0 Å². The number of hydrogen-bond acceptors (Lipinski definition) is 2. The number of benzene rings is 2. The lowest BCUT2D eigenvalue weighted by Crippen LogP contribution is -2.07. The molecule has 0 fully saturated rings. The summed E-state index contributed by atoms with van der Waals surface area (Å²) in [5.74, 6) is -1.49. The van der Waals surface area contributed by atoms with Gasteiger partial charge in [-0.25, -0.2) is 4.79 Å². The number of aromatic carboxylic acids is 1. The van der Waals surface area contributed by atoms with Gasteiger partial charge >= 0.3 is 5.97 Å². The minimum Gasteiger partial charge on any atom is -0.478 e. The lowest BCUT2D eigenvalue weighted by Gasteiger charge is -2.07. The Morgan fingerprint density at radius 1 is 1.12 bits per heavy atom. The molecule has 2 rings (SSSR count). The van der Waals surface area contributed by atoms with Crippen molar-refractivity contribution >= 4 is 22.5 Å². The zero-order valence-corrected chi connectivity index (χ0v) is 9.01. The average molecular weight is 226 g/mol. The number of allylic oxidation sites excluding steroid dienone is 1. The van der Waals surface area contributed by atoms with Crippen molar-refractivity contribution in [2.75, 3.05) is 0 Å². The van der Waals surface area contributed by atoms with Crippen molar-refractivity contribution in [3.05, 3.63) is 60.2 Å². The van der Waals surface area contributed by atoms with Crippen LogP contribution in [0, 0.1) is 0 Å². The van der Waals surface area contributed by atoms with E-state index in [2.05, 4.69) is 6.58 Å². The van der Waals surface area contributed by atoms with E-state index in [-0.39, 0.29) is 16.9 Å². The number of carbonyl (C=O) groups is 2. The molecule has 0 aromatic heterocycles. The van der Waals surface area contributed by atoms with E-state index in [1.54, 1.807) is 18.2 Å². The monoisotopic (exact) mass is 226 g/mol. The Labute approximate surface area is 98.0 Å². The van der Waals surface area contributed by atoms with Gasteiger partial charge in [0.05, 0.1) is 5.56 Å². The lowest BCUT2D eigenvalue weighted by atomic mass is 9.96. The van der Waals surface area contributed by atoms with Crippen molar-refractivity contribution in [2.45, 2.75) is 0 Å². The second kappa shape index (κ2) is 4.22. The number of ketones is 1. The first kappa shape index (κ1) is 11.1. The van der Waals surface area contributed by atoms with Gasteiger partial charge in [0.25, 0.3) is 0 Å². The molecule has 0 amide bonds. The van der Waals surface area contributed by atoms with Crippen molar-refractivity contribution in [1.29, 1.82) is 0 Å². The maximum absolute atomic E-state index is 11.6. The van der Waals surface area contributed by atoms with Gasteiger partial charge in [-0.05, 0) is 22.9 Å². The largest absolute Gasteiger partial charge is 0.478 e. The summed E-state index contributed by atoms with van der Waals surface area (Å²) in [6.07, 6.45) is 1.12. The van der Waals surface area contributed by atoms with Crippen molar-refractivity contribution in [3.8, 4) is 0 Å². The molecule has 2 aromatic carbocycles. The van der Waals surface area contributed by atoms with E-state index in [4.69, 9.17) is 0 Å². The number of rotatable bonds is 3. The van der Waals surface area contributed by atoms with Crippen LogP contribution >= 0.6 is 0 Å². The summed E-state index contributed by atoms with van der Waals surface area (Å²) in [5.41, 5.74) is 0.208. The summed E-state index contributed by atoms with van der Waals surface area (Å²) in [6.45, 7) is 3.38. The Hall–Kier alpha value is -2.42. The maximum Gasteiger partial charge on any atom is 0.337 e. The molecule has 2 aromatic rings. The second-order valence-electron chi connectivity index (χ2n) is 3.58. The topological polar surface area (TPSA) is 54.4 Å². The van der Waals surface area contributed by atoms with Crippen LogP contribution in [0.25, 0.3) is 10.8 Å². The Kier molecular flexibility index (Phi) is 2.75. The predicted octanol–water partition coefficient (Wildman–Crippen LogP) is 2.91. The molecule has 0 heterocycles. The van der Waals surface area contributed by atoms with Gasteiger partial charge in [-0.2, -0.15) is 0 Å². The van der Waals surface area contributed by atoms with E-state index < -0.39 is 5.97 Å². The first-order valence-electron chi connectivity index (χ1n) is 5.07. The third-order valence-corrected chi connectivity index (χ3v) is 2.59. The zero-order valence-electron chi connectivity index (χ0n) is 9.01. The van der Waals surface area contributed by atoms with Crippen molar-refractivity contribution in [2.24, 2.45) is 0 Å². The summed E-state index contributed by atoms with van der Waals surface area (Å²) < 4.78 is 0. The highest BCUT2D eigenvalue weighted by molar-refractivity contribution is 6.16. The smallest absolute Gasteiger partial charge is 0.337 e. The quantitative estimate of drug-likeness (QED) is 0.646. The summed E-state index contributed by atoms with van der Waals surface area (Å²) >= 11 is 0. The molecule has 0 aliphatic carbocycles. The highest BCUT2D eigenvalue weighted by Gasteiger charge is 2.17. The fourth-order valence-corrected chi connectivity index (χ4v) is 1.82. The van der Waals surface area contributed by atoms with Crippen molar-refractivity contribution < 1.29 is 14.7 Å². The Morgan fingerprint density at radius 3 is 2.47 bits per heavy atom. The van der Waals surface area contributed by atoms with Gasteiger partial charge in [-0.15, -0.1) is 0 Å². The fraction of sp³-hybridized carbons (Fsp3) is 0. The molecule has 3 nitrogen and oxygen atoms in total. The molecule has 0 aliphatic rings. The number of carboxylic acids is 1. The van der Waals surface area contributed by atoms with E-state index in [1.165, 1.54) is 6.07 Å². The molecule has 0 saturated carbocycles. The fourth-order valence-electron chi connectivity index (χ4n) is 1.82. The standard InChI is InChI=1S/C14H10O3/c1-2-12(15)11-8-7-9-5-3-4-6-10(9)13(11)14(16)17/h2-8H,1H2,(H,16,17).